The molecule has 0 heterocycles. The van der Waals surface area contributed by atoms with Crippen LogP contribution in [0.5, 0.6) is 5.75 Å². The molecule has 0 fully saturated rings. The van der Waals surface area contributed by atoms with Crippen LogP contribution in [0.15, 0.2) is 24.3 Å². The van der Waals surface area contributed by atoms with Crippen LogP contribution in [0, 0.1) is 0 Å². The lowest BCUT2D eigenvalue weighted by molar-refractivity contribution is -0.121. The van der Waals surface area contributed by atoms with Crippen molar-refractivity contribution in [2.24, 2.45) is 5.73 Å². The highest BCUT2D eigenvalue weighted by molar-refractivity contribution is 5.85. The van der Waals surface area contributed by atoms with Crippen molar-refractivity contribution in [3.8, 4) is 5.75 Å². The van der Waals surface area contributed by atoms with Gasteiger partial charge in [-0.05, 0) is 43.4 Å². The third-order valence-corrected chi connectivity index (χ3v) is 4.07. The molecule has 0 aromatic heterocycles. The monoisotopic (exact) mass is 328 g/mol. The molecule has 0 radical (unpaired) electrons. The number of nitrogens with two attached hydrogens (primary N) is 1. The van der Waals surface area contributed by atoms with Crippen molar-refractivity contribution in [2.45, 2.75) is 51.5 Å². The Labute approximate surface area is 140 Å². The van der Waals surface area contributed by atoms with Gasteiger partial charge in [0.15, 0.2) is 0 Å². The van der Waals surface area contributed by atoms with Gasteiger partial charge in [0.2, 0.25) is 5.91 Å². The first-order valence-corrected chi connectivity index (χ1v) is 7.71. The van der Waals surface area contributed by atoms with Gasteiger partial charge in [0, 0.05) is 18.5 Å². The van der Waals surface area contributed by atoms with E-state index in [1.165, 1.54) is 5.56 Å². The number of carbonyl (C=O) groups is 1. The van der Waals surface area contributed by atoms with Crippen LogP contribution in [0.1, 0.15) is 45.1 Å². The lowest BCUT2D eigenvalue weighted by atomic mass is 9.94. The molecular weight excluding hydrogens is 300 g/mol. The maximum atomic E-state index is 11.8. The van der Waals surface area contributed by atoms with E-state index in [1.54, 1.807) is 7.11 Å². The van der Waals surface area contributed by atoms with Gasteiger partial charge >= 0.3 is 0 Å². The summed E-state index contributed by atoms with van der Waals surface area (Å²) < 4.78 is 5.12. The molecule has 1 amide bonds. The van der Waals surface area contributed by atoms with Gasteiger partial charge in [-0.3, -0.25) is 4.79 Å². The van der Waals surface area contributed by atoms with Gasteiger partial charge in [-0.2, -0.15) is 0 Å². The minimum Gasteiger partial charge on any atom is -0.497 e. The second-order valence-corrected chi connectivity index (χ2v) is 5.55. The van der Waals surface area contributed by atoms with Crippen LogP contribution in [0.25, 0.3) is 0 Å². The standard InChI is InChI=1S/C17H28N2O2.ClH/c1-4-17(18,5-2)13-19-16(20)8-6-7-14-9-11-15(21-3)12-10-14;/h9-12H,4-8,13,18H2,1-3H3,(H,19,20);1H. The van der Waals surface area contributed by atoms with E-state index >= 15 is 0 Å². The summed E-state index contributed by atoms with van der Waals surface area (Å²) in [5.74, 6) is 0.940. The number of methoxy groups -OCH3 is 1. The SMILES string of the molecule is CCC(N)(CC)CNC(=O)CCCc1ccc(OC)cc1.Cl. The molecule has 0 aliphatic carbocycles. The molecule has 1 rings (SSSR count). The van der Waals surface area contributed by atoms with Crippen LogP contribution in [0.4, 0.5) is 0 Å². The van der Waals surface area contributed by atoms with Crippen molar-refractivity contribution in [2.75, 3.05) is 13.7 Å². The van der Waals surface area contributed by atoms with E-state index < -0.39 is 0 Å². The van der Waals surface area contributed by atoms with Gasteiger partial charge < -0.3 is 15.8 Å². The van der Waals surface area contributed by atoms with Crippen molar-refractivity contribution in [1.82, 2.24) is 5.32 Å². The molecule has 3 N–H and O–H groups in total. The fourth-order valence-corrected chi connectivity index (χ4v) is 2.11. The van der Waals surface area contributed by atoms with Crippen LogP contribution < -0.4 is 15.8 Å². The summed E-state index contributed by atoms with van der Waals surface area (Å²) in [4.78, 5) is 11.8. The minimum atomic E-state index is -0.272. The van der Waals surface area contributed by atoms with Crippen LogP contribution >= 0.6 is 12.4 Å². The van der Waals surface area contributed by atoms with Gasteiger partial charge in [0.1, 0.15) is 5.75 Å². The molecule has 0 atom stereocenters. The van der Waals surface area contributed by atoms with Crippen molar-refractivity contribution in [3.05, 3.63) is 29.8 Å². The zero-order valence-corrected chi connectivity index (χ0v) is 14.7. The van der Waals surface area contributed by atoms with E-state index in [0.717, 1.165) is 31.4 Å². The lowest BCUT2D eigenvalue weighted by Gasteiger charge is -2.26. The first-order valence-electron chi connectivity index (χ1n) is 7.71. The molecule has 0 aliphatic heterocycles. The summed E-state index contributed by atoms with van der Waals surface area (Å²) in [6.07, 6.45) is 4.02. The third kappa shape index (κ3) is 7.14. The minimum absolute atomic E-state index is 0. The number of carbonyl (C=O) groups excluding carboxylic acids is 1. The zero-order chi connectivity index (χ0) is 15.7. The number of hydrogen-bond acceptors (Lipinski definition) is 3. The normalized spacial score (nSPS) is 10.7. The Bertz CT molecular complexity index is 431. The van der Waals surface area contributed by atoms with E-state index in [-0.39, 0.29) is 23.9 Å². The number of ether oxygens (including phenoxy) is 1. The fraction of sp³-hybridized carbons (Fsp3) is 0.588. The molecule has 4 nitrogen and oxygen atoms in total. The number of benzene rings is 1. The van der Waals surface area contributed by atoms with Crippen LogP contribution in [0.2, 0.25) is 0 Å². The van der Waals surface area contributed by atoms with Crippen LogP contribution in [-0.2, 0) is 11.2 Å². The highest BCUT2D eigenvalue weighted by Gasteiger charge is 2.20. The Morgan fingerprint density at radius 2 is 1.82 bits per heavy atom. The highest BCUT2D eigenvalue weighted by atomic mass is 35.5. The van der Waals surface area contributed by atoms with Crippen molar-refractivity contribution in [1.29, 1.82) is 0 Å². The Hall–Kier alpha value is -1.26. The Morgan fingerprint density at radius 3 is 2.32 bits per heavy atom. The van der Waals surface area contributed by atoms with E-state index in [9.17, 15) is 4.79 Å². The summed E-state index contributed by atoms with van der Waals surface area (Å²) in [5.41, 5.74) is 7.11. The first kappa shape index (κ1) is 20.7. The molecule has 0 bridgehead atoms. The predicted molar refractivity (Wildman–Crippen MR) is 93.7 cm³/mol. The quantitative estimate of drug-likeness (QED) is 0.732. The molecule has 126 valence electrons. The zero-order valence-electron chi connectivity index (χ0n) is 13.9. The van der Waals surface area contributed by atoms with E-state index in [4.69, 9.17) is 10.5 Å². The predicted octanol–water partition coefficient (Wildman–Crippen LogP) is 3.07. The largest absolute Gasteiger partial charge is 0.497 e. The number of nitrogens with one attached hydrogen (secondary N) is 1. The maximum absolute atomic E-state index is 11.8. The molecule has 22 heavy (non-hydrogen) atoms. The summed E-state index contributed by atoms with van der Waals surface area (Å²) >= 11 is 0. The maximum Gasteiger partial charge on any atom is 0.220 e. The van der Waals surface area contributed by atoms with Gasteiger partial charge in [-0.1, -0.05) is 26.0 Å². The van der Waals surface area contributed by atoms with E-state index in [2.05, 4.69) is 19.2 Å². The topological polar surface area (TPSA) is 64.3 Å². The van der Waals surface area contributed by atoms with E-state index in [0.29, 0.717) is 13.0 Å². The molecular formula is C17H29ClN2O2. The van der Waals surface area contributed by atoms with Gasteiger partial charge in [-0.25, -0.2) is 0 Å². The number of hydrogen-bond donors (Lipinski definition) is 2. The second-order valence-electron chi connectivity index (χ2n) is 5.55. The smallest absolute Gasteiger partial charge is 0.220 e. The average Bonchev–Trinajstić information content (AvgIpc) is 2.53. The van der Waals surface area contributed by atoms with E-state index in [1.807, 2.05) is 24.3 Å². The Balaban J connectivity index is 0.00000441. The van der Waals surface area contributed by atoms with Crippen molar-refractivity contribution < 1.29 is 9.53 Å². The summed E-state index contributed by atoms with van der Waals surface area (Å²) in [6.45, 7) is 4.67. The average molecular weight is 329 g/mol. The second kappa shape index (κ2) is 10.5. The van der Waals surface area contributed by atoms with Crippen LogP contribution in [0.3, 0.4) is 0 Å². The third-order valence-electron chi connectivity index (χ3n) is 4.07. The lowest BCUT2D eigenvalue weighted by Crippen LogP contribution is -2.49. The van der Waals surface area contributed by atoms with Crippen molar-refractivity contribution in [3.63, 3.8) is 0 Å². The first-order chi connectivity index (χ1) is 10.0. The summed E-state index contributed by atoms with van der Waals surface area (Å²) in [7, 11) is 1.66. The van der Waals surface area contributed by atoms with Gasteiger partial charge in [0.05, 0.1) is 7.11 Å². The van der Waals surface area contributed by atoms with Gasteiger partial charge in [0.25, 0.3) is 0 Å². The number of amides is 1. The number of aryl methyl sites for hydroxylation is 1. The van der Waals surface area contributed by atoms with Crippen LogP contribution in [-0.4, -0.2) is 25.1 Å². The Kier molecular flexibility index (Phi) is 9.86. The fourth-order valence-electron chi connectivity index (χ4n) is 2.11. The molecule has 1 aromatic rings. The number of rotatable bonds is 9. The summed E-state index contributed by atoms with van der Waals surface area (Å²) in [5, 5.41) is 2.95. The number of halogens is 1. The van der Waals surface area contributed by atoms with Gasteiger partial charge in [-0.15, -0.1) is 12.4 Å². The molecule has 0 unspecified atom stereocenters. The van der Waals surface area contributed by atoms with Crippen molar-refractivity contribution >= 4 is 18.3 Å². The molecule has 0 saturated carbocycles. The molecule has 0 spiro atoms. The molecule has 1 aromatic carbocycles. The molecule has 0 aliphatic rings. The molecule has 0 saturated heterocycles. The summed E-state index contributed by atoms with van der Waals surface area (Å²) in [6, 6.07) is 7.97. The molecule has 5 heteroatoms. The Morgan fingerprint density at radius 1 is 1.23 bits per heavy atom. The highest BCUT2D eigenvalue weighted by Crippen LogP contribution is 2.13.